The largest absolute Gasteiger partial charge is 0.352 e. The molecule has 1 aliphatic carbocycles. The van der Waals surface area contributed by atoms with Gasteiger partial charge in [-0.25, -0.2) is 8.42 Å². The lowest BCUT2D eigenvalue weighted by Crippen LogP contribution is -2.52. The van der Waals surface area contributed by atoms with Crippen LogP contribution in [0.4, 0.5) is 5.69 Å². The van der Waals surface area contributed by atoms with Gasteiger partial charge in [-0.05, 0) is 94.0 Å². The van der Waals surface area contributed by atoms with Crippen LogP contribution in [0.1, 0.15) is 60.4 Å². The summed E-state index contributed by atoms with van der Waals surface area (Å²) in [6.45, 7) is 9.19. The number of nitrogens with zero attached hydrogens (tertiary/aromatic N) is 2. The Kier molecular flexibility index (Phi) is 9.53. The van der Waals surface area contributed by atoms with Gasteiger partial charge in [0.15, 0.2) is 0 Å². The second-order valence-corrected chi connectivity index (χ2v) is 13.1. The molecule has 41 heavy (non-hydrogen) atoms. The molecule has 218 valence electrons. The number of hydrogen-bond donors (Lipinski definition) is 1. The summed E-state index contributed by atoms with van der Waals surface area (Å²) in [7, 11) is -4.09. The predicted octanol–water partition coefficient (Wildman–Crippen LogP) is 5.59. The predicted molar refractivity (Wildman–Crippen MR) is 163 cm³/mol. The number of sulfonamides is 1. The van der Waals surface area contributed by atoms with Crippen LogP contribution in [0.2, 0.25) is 0 Å². The number of carbonyl (C=O) groups is 2. The van der Waals surface area contributed by atoms with Gasteiger partial charge in [-0.2, -0.15) is 0 Å². The van der Waals surface area contributed by atoms with Crippen LogP contribution >= 0.6 is 0 Å². The van der Waals surface area contributed by atoms with Gasteiger partial charge in [0.25, 0.3) is 10.0 Å². The van der Waals surface area contributed by atoms with Crippen LogP contribution in [-0.2, 0) is 26.2 Å². The molecule has 4 rings (SSSR count). The van der Waals surface area contributed by atoms with Crippen molar-refractivity contribution in [3.63, 3.8) is 0 Å². The molecule has 3 aromatic carbocycles. The summed E-state index contributed by atoms with van der Waals surface area (Å²) in [5.41, 5.74) is 5.17. The van der Waals surface area contributed by atoms with E-state index in [0.717, 1.165) is 53.5 Å². The highest BCUT2D eigenvalue weighted by atomic mass is 32.2. The lowest BCUT2D eigenvalue weighted by molar-refractivity contribution is -0.139. The molecule has 1 unspecified atom stereocenters. The van der Waals surface area contributed by atoms with Crippen LogP contribution in [0.3, 0.4) is 0 Å². The summed E-state index contributed by atoms with van der Waals surface area (Å²) in [4.78, 5) is 29.1. The van der Waals surface area contributed by atoms with Crippen molar-refractivity contribution in [1.29, 1.82) is 0 Å². The fraction of sp³-hybridized carbons (Fsp3) is 0.394. The fourth-order valence-corrected chi connectivity index (χ4v) is 6.60. The molecule has 0 radical (unpaired) electrons. The third kappa shape index (κ3) is 7.17. The van der Waals surface area contributed by atoms with E-state index < -0.39 is 28.5 Å². The third-order valence-electron chi connectivity index (χ3n) is 8.14. The minimum absolute atomic E-state index is 0.103. The zero-order chi connectivity index (χ0) is 29.7. The van der Waals surface area contributed by atoms with Crippen molar-refractivity contribution in [1.82, 2.24) is 10.2 Å². The van der Waals surface area contributed by atoms with E-state index >= 15 is 0 Å². The molecule has 0 saturated heterocycles. The van der Waals surface area contributed by atoms with Crippen molar-refractivity contribution in [3.8, 4) is 0 Å². The number of aryl methyl sites for hydroxylation is 4. The molecule has 8 heteroatoms. The van der Waals surface area contributed by atoms with Crippen LogP contribution in [0.5, 0.6) is 0 Å². The van der Waals surface area contributed by atoms with Crippen molar-refractivity contribution in [2.45, 2.75) is 83.8 Å². The average molecular weight is 576 g/mol. The first-order valence-electron chi connectivity index (χ1n) is 14.3. The molecule has 0 aliphatic heterocycles. The van der Waals surface area contributed by atoms with Crippen molar-refractivity contribution in [3.05, 3.63) is 94.5 Å². The van der Waals surface area contributed by atoms with Gasteiger partial charge in [-0.15, -0.1) is 0 Å². The number of rotatable bonds is 10. The second-order valence-electron chi connectivity index (χ2n) is 11.2. The Morgan fingerprint density at radius 1 is 0.878 bits per heavy atom. The van der Waals surface area contributed by atoms with Crippen molar-refractivity contribution in [2.75, 3.05) is 10.8 Å². The van der Waals surface area contributed by atoms with Crippen LogP contribution < -0.4 is 9.62 Å². The van der Waals surface area contributed by atoms with E-state index in [2.05, 4.69) is 5.32 Å². The Balaban J connectivity index is 1.71. The molecule has 1 N–H and O–H groups in total. The first-order chi connectivity index (χ1) is 19.5. The number of nitrogens with one attached hydrogen (secondary N) is 1. The van der Waals surface area contributed by atoms with Gasteiger partial charge in [-0.3, -0.25) is 13.9 Å². The number of hydrogen-bond acceptors (Lipinski definition) is 4. The van der Waals surface area contributed by atoms with E-state index in [4.69, 9.17) is 0 Å². The first kappa shape index (κ1) is 30.3. The van der Waals surface area contributed by atoms with E-state index in [1.54, 1.807) is 43.3 Å². The van der Waals surface area contributed by atoms with Gasteiger partial charge < -0.3 is 10.2 Å². The second kappa shape index (κ2) is 12.9. The summed E-state index contributed by atoms with van der Waals surface area (Å²) in [6.07, 6.45) is 4.01. The standard InChI is InChI=1S/C33H41N3O4S/c1-23-14-18-31(19-15-23)41(39,40)36(30-17-16-24(2)26(4)20-30)22-32(37)35(21-28-11-7-6-10-25(28)3)27(5)33(38)34-29-12-8-9-13-29/h6-7,10-11,14-20,27,29H,8-9,12-13,21-22H2,1-5H3,(H,34,38). The van der Waals surface area contributed by atoms with Crippen LogP contribution in [0.15, 0.2) is 71.6 Å². The van der Waals surface area contributed by atoms with E-state index in [9.17, 15) is 18.0 Å². The molecular weight excluding hydrogens is 534 g/mol. The minimum atomic E-state index is -4.09. The van der Waals surface area contributed by atoms with Gasteiger partial charge in [0.1, 0.15) is 12.6 Å². The minimum Gasteiger partial charge on any atom is -0.352 e. The summed E-state index contributed by atoms with van der Waals surface area (Å²) >= 11 is 0. The van der Waals surface area contributed by atoms with Crippen LogP contribution in [0, 0.1) is 27.7 Å². The summed E-state index contributed by atoms with van der Waals surface area (Å²) < 4.78 is 29.2. The van der Waals surface area contributed by atoms with Crippen LogP contribution in [-0.4, -0.2) is 43.8 Å². The van der Waals surface area contributed by atoms with E-state index in [-0.39, 0.29) is 23.4 Å². The molecule has 1 aliphatic rings. The van der Waals surface area contributed by atoms with E-state index in [0.29, 0.717) is 5.69 Å². The number of anilines is 1. The summed E-state index contributed by atoms with van der Waals surface area (Å²) in [6, 6.07) is 19.0. The summed E-state index contributed by atoms with van der Waals surface area (Å²) in [5.74, 6) is -0.672. The number of carbonyl (C=O) groups excluding carboxylic acids is 2. The first-order valence-corrected chi connectivity index (χ1v) is 15.7. The SMILES string of the molecule is Cc1ccc(S(=O)(=O)N(CC(=O)N(Cc2ccccc2C)C(C)C(=O)NC2CCCC2)c2ccc(C)c(C)c2)cc1. The molecule has 3 aromatic rings. The highest BCUT2D eigenvalue weighted by molar-refractivity contribution is 7.92. The van der Waals surface area contributed by atoms with Gasteiger partial charge in [0, 0.05) is 12.6 Å². The Bertz CT molecular complexity index is 1500. The zero-order valence-electron chi connectivity index (χ0n) is 24.7. The maximum atomic E-state index is 14.1. The maximum absolute atomic E-state index is 14.1. The molecule has 0 heterocycles. The third-order valence-corrected chi connectivity index (χ3v) is 9.93. The number of amides is 2. The highest BCUT2D eigenvalue weighted by Crippen LogP contribution is 2.27. The zero-order valence-corrected chi connectivity index (χ0v) is 25.5. The molecular formula is C33H41N3O4S. The quantitative estimate of drug-likeness (QED) is 0.341. The fourth-order valence-electron chi connectivity index (χ4n) is 5.19. The molecule has 0 bridgehead atoms. The van der Waals surface area contributed by atoms with Crippen molar-refractivity contribution in [2.24, 2.45) is 0 Å². The molecule has 0 aromatic heterocycles. The van der Waals surface area contributed by atoms with Crippen molar-refractivity contribution < 1.29 is 18.0 Å². The van der Waals surface area contributed by atoms with Crippen LogP contribution in [0.25, 0.3) is 0 Å². The Morgan fingerprint density at radius 3 is 2.17 bits per heavy atom. The molecule has 1 fully saturated rings. The highest BCUT2D eigenvalue weighted by Gasteiger charge is 2.33. The smallest absolute Gasteiger partial charge is 0.264 e. The topological polar surface area (TPSA) is 86.8 Å². The van der Waals surface area contributed by atoms with Gasteiger partial charge in [-0.1, -0.05) is 60.9 Å². The Morgan fingerprint density at radius 2 is 1.54 bits per heavy atom. The molecule has 0 spiro atoms. The lowest BCUT2D eigenvalue weighted by atomic mass is 10.1. The molecule has 1 atom stereocenters. The van der Waals surface area contributed by atoms with Gasteiger partial charge in [0.2, 0.25) is 11.8 Å². The van der Waals surface area contributed by atoms with Crippen molar-refractivity contribution >= 4 is 27.5 Å². The summed E-state index contributed by atoms with van der Waals surface area (Å²) in [5, 5.41) is 3.11. The van der Waals surface area contributed by atoms with E-state index in [1.807, 2.05) is 58.0 Å². The van der Waals surface area contributed by atoms with Gasteiger partial charge >= 0.3 is 0 Å². The maximum Gasteiger partial charge on any atom is 0.264 e. The monoisotopic (exact) mass is 575 g/mol. The molecule has 7 nitrogen and oxygen atoms in total. The Labute approximate surface area is 244 Å². The Hall–Kier alpha value is -3.65. The number of benzene rings is 3. The normalized spacial score (nSPS) is 14.5. The molecule has 2 amide bonds. The lowest BCUT2D eigenvalue weighted by Gasteiger charge is -2.33. The molecule has 1 saturated carbocycles. The van der Waals surface area contributed by atoms with Gasteiger partial charge in [0.05, 0.1) is 10.6 Å². The van der Waals surface area contributed by atoms with E-state index in [1.165, 1.54) is 9.21 Å². The average Bonchev–Trinajstić information content (AvgIpc) is 3.45.